The van der Waals surface area contributed by atoms with Gasteiger partial charge in [-0.15, -0.1) is 0 Å². The predicted molar refractivity (Wildman–Crippen MR) is 107 cm³/mol. The van der Waals surface area contributed by atoms with Crippen LogP contribution in [0.15, 0.2) is 35.9 Å². The van der Waals surface area contributed by atoms with Crippen LogP contribution in [0.3, 0.4) is 0 Å². The number of benzene rings is 1. The molecule has 0 saturated carbocycles. The van der Waals surface area contributed by atoms with Crippen LogP contribution in [0, 0.1) is 5.92 Å². The fourth-order valence-corrected chi connectivity index (χ4v) is 3.72. The van der Waals surface area contributed by atoms with Gasteiger partial charge in [0.1, 0.15) is 11.5 Å². The number of aryl methyl sites for hydroxylation is 1. The Morgan fingerprint density at radius 3 is 2.56 bits per heavy atom. The largest absolute Gasteiger partial charge is 0.496 e. The van der Waals surface area contributed by atoms with Gasteiger partial charge in [0.05, 0.1) is 17.0 Å². The van der Waals surface area contributed by atoms with Crippen LogP contribution < -0.4 is 9.47 Å². The molecular weight excluding hydrogens is 308 g/mol. The predicted octanol–water partition coefficient (Wildman–Crippen LogP) is 6.45. The maximum atomic E-state index is 7.94. The Bertz CT molecular complexity index is 766. The highest BCUT2D eigenvalue weighted by molar-refractivity contribution is 5.53. The van der Waals surface area contributed by atoms with Gasteiger partial charge < -0.3 is 9.47 Å². The van der Waals surface area contributed by atoms with Crippen molar-refractivity contribution in [3.63, 3.8) is 0 Å². The van der Waals surface area contributed by atoms with Gasteiger partial charge in [-0.25, -0.2) is 0 Å². The van der Waals surface area contributed by atoms with Crippen LogP contribution in [0.1, 0.15) is 76.7 Å². The van der Waals surface area contributed by atoms with Crippen molar-refractivity contribution in [3.05, 3.63) is 47.0 Å². The third-order valence-corrected chi connectivity index (χ3v) is 5.12. The maximum Gasteiger partial charge on any atom is 0.126 e. The van der Waals surface area contributed by atoms with Crippen LogP contribution in [-0.4, -0.2) is 14.2 Å². The van der Waals surface area contributed by atoms with Crippen molar-refractivity contribution in [2.24, 2.45) is 5.92 Å². The monoisotopic (exact) mass is 347 g/mol. The number of allylic oxidation sites excluding steroid dienone is 3. The van der Waals surface area contributed by atoms with Gasteiger partial charge in [0.25, 0.3) is 0 Å². The Kier molecular flexibility index (Phi) is 4.93. The van der Waals surface area contributed by atoms with Crippen LogP contribution in [0.25, 0.3) is 0 Å². The maximum absolute atomic E-state index is 7.94. The number of ether oxygens (including phenoxy) is 2. The number of rotatable bonds is 8. The van der Waals surface area contributed by atoms with E-state index in [1.54, 1.807) is 14.2 Å². The van der Waals surface area contributed by atoms with Gasteiger partial charge in [-0.1, -0.05) is 43.5 Å². The van der Waals surface area contributed by atoms with Gasteiger partial charge in [0.2, 0.25) is 0 Å². The molecule has 1 aromatic carbocycles. The van der Waals surface area contributed by atoms with Gasteiger partial charge in [0.15, 0.2) is 0 Å². The third-order valence-electron chi connectivity index (χ3n) is 5.12. The molecule has 0 radical (unpaired) electrons. The van der Waals surface area contributed by atoms with Crippen molar-refractivity contribution in [1.82, 2.24) is 0 Å². The molecule has 0 N–H and O–H groups in total. The first-order valence-corrected chi connectivity index (χ1v) is 9.23. The first-order chi connectivity index (χ1) is 14.1. The summed E-state index contributed by atoms with van der Waals surface area (Å²) in [6, 6.07) is 4.03. The van der Waals surface area contributed by atoms with Gasteiger partial charge in [-0.2, -0.15) is 0 Å². The summed E-state index contributed by atoms with van der Waals surface area (Å²) < 4.78 is 51.0. The van der Waals surface area contributed by atoms with Crippen molar-refractivity contribution in [1.29, 1.82) is 0 Å². The molecule has 138 valence electrons. The Hall–Kier alpha value is -1.70. The summed E-state index contributed by atoms with van der Waals surface area (Å²) in [4.78, 5) is 0. The fraction of sp³-hybridized carbons (Fsp3) is 0.565. The molecule has 0 spiro atoms. The highest BCUT2D eigenvalue weighted by atomic mass is 16.5. The molecule has 0 saturated heterocycles. The standard InChI is InChI=1S/C23H34O2/c1-7-8-9-10-18-14-21(24-5)23(22(15-18)25-6)20-13-17(4)11-12-19(20)16(2)3/h13-15,19-20H,2,7-12H2,1,3-6H3/t19-,20+/m0/s1/i2D2,3D3. The number of unbranched alkanes of at least 4 members (excludes halogenated alkanes) is 2. The van der Waals surface area contributed by atoms with Gasteiger partial charge in [-0.3, -0.25) is 0 Å². The van der Waals surface area contributed by atoms with E-state index in [9.17, 15) is 0 Å². The second kappa shape index (κ2) is 9.12. The lowest BCUT2D eigenvalue weighted by Crippen LogP contribution is -2.18. The summed E-state index contributed by atoms with van der Waals surface area (Å²) in [6.07, 6.45) is 7.68. The second-order valence-corrected chi connectivity index (χ2v) is 6.97. The summed E-state index contributed by atoms with van der Waals surface area (Å²) in [7, 11) is 3.23. The van der Waals surface area contributed by atoms with Crippen molar-refractivity contribution in [3.8, 4) is 11.5 Å². The molecule has 0 aliphatic heterocycles. The van der Waals surface area contributed by atoms with Crippen molar-refractivity contribution < 1.29 is 16.3 Å². The van der Waals surface area contributed by atoms with Crippen LogP contribution >= 0.6 is 0 Å². The van der Waals surface area contributed by atoms with Gasteiger partial charge in [0, 0.05) is 15.6 Å². The van der Waals surface area contributed by atoms with E-state index in [0.29, 0.717) is 17.9 Å². The van der Waals surface area contributed by atoms with E-state index in [1.807, 2.05) is 19.1 Å². The van der Waals surface area contributed by atoms with E-state index in [4.69, 9.17) is 16.3 Å². The first-order valence-electron chi connectivity index (χ1n) is 11.7. The Morgan fingerprint density at radius 1 is 1.28 bits per heavy atom. The topological polar surface area (TPSA) is 18.5 Å². The minimum Gasteiger partial charge on any atom is -0.496 e. The lowest BCUT2D eigenvalue weighted by atomic mass is 9.73. The van der Waals surface area contributed by atoms with Crippen molar-refractivity contribution in [2.45, 2.75) is 65.1 Å². The number of methoxy groups -OCH3 is 2. The average Bonchev–Trinajstić information content (AvgIpc) is 2.67. The van der Waals surface area contributed by atoms with Crippen LogP contribution in [-0.2, 0) is 6.42 Å². The highest BCUT2D eigenvalue weighted by Gasteiger charge is 2.30. The van der Waals surface area contributed by atoms with Crippen LogP contribution in [0.2, 0.25) is 0 Å². The first kappa shape index (κ1) is 13.5. The molecule has 0 aromatic heterocycles. The zero-order valence-corrected chi connectivity index (χ0v) is 15.9. The van der Waals surface area contributed by atoms with Crippen molar-refractivity contribution in [2.75, 3.05) is 14.2 Å². The molecule has 0 fully saturated rings. The molecule has 2 rings (SSSR count). The lowest BCUT2D eigenvalue weighted by molar-refractivity contribution is 0.368. The summed E-state index contributed by atoms with van der Waals surface area (Å²) in [5.41, 5.74) is 3.00. The van der Waals surface area contributed by atoms with E-state index in [0.717, 1.165) is 48.8 Å². The number of hydrogen-bond donors (Lipinski definition) is 0. The quantitative estimate of drug-likeness (QED) is 0.397. The molecule has 2 nitrogen and oxygen atoms in total. The lowest BCUT2D eigenvalue weighted by Gasteiger charge is -2.32. The molecule has 0 bridgehead atoms. The Labute approximate surface area is 161 Å². The van der Waals surface area contributed by atoms with E-state index < -0.39 is 19.3 Å². The summed E-state index contributed by atoms with van der Waals surface area (Å²) >= 11 is 0. The van der Waals surface area contributed by atoms with Crippen LogP contribution in [0.4, 0.5) is 0 Å². The normalized spacial score (nSPS) is 23.4. The molecule has 0 heterocycles. The highest BCUT2D eigenvalue weighted by Crippen LogP contribution is 2.47. The summed E-state index contributed by atoms with van der Waals surface area (Å²) in [5, 5.41) is 0. The molecule has 1 aliphatic rings. The molecule has 1 aliphatic carbocycles. The van der Waals surface area contributed by atoms with E-state index in [1.165, 1.54) is 0 Å². The number of hydrogen-bond acceptors (Lipinski definition) is 2. The summed E-state index contributed by atoms with van der Waals surface area (Å²) in [5.74, 6) is 0.542. The zero-order chi connectivity index (χ0) is 22.5. The van der Waals surface area contributed by atoms with Gasteiger partial charge in [-0.05, 0) is 63.1 Å². The molecule has 2 atom stereocenters. The van der Waals surface area contributed by atoms with E-state index in [2.05, 4.69) is 13.0 Å². The molecule has 25 heavy (non-hydrogen) atoms. The zero-order valence-electron chi connectivity index (χ0n) is 20.9. The summed E-state index contributed by atoms with van der Waals surface area (Å²) in [6.45, 7) is 1.10. The Balaban J connectivity index is 2.62. The fourth-order valence-electron chi connectivity index (χ4n) is 3.72. The minimum absolute atomic E-state index is 0.0904. The van der Waals surface area contributed by atoms with Crippen LogP contribution in [0.5, 0.6) is 11.5 Å². The van der Waals surface area contributed by atoms with E-state index >= 15 is 0 Å². The SMILES string of the molecule is [2H]C([2H])=C([C@@H]1CCC(C)=C[C@H]1c1c(OC)cc(CCCCC)cc1OC)C([2H])([2H])[2H]. The smallest absolute Gasteiger partial charge is 0.126 e. The molecule has 0 amide bonds. The molecular formula is C23H34O2. The molecule has 0 unspecified atom stereocenters. The third kappa shape index (κ3) is 4.68. The molecule has 1 aromatic rings. The van der Waals surface area contributed by atoms with Crippen molar-refractivity contribution >= 4 is 0 Å². The molecule has 2 heteroatoms. The Morgan fingerprint density at radius 2 is 2.00 bits per heavy atom. The van der Waals surface area contributed by atoms with Gasteiger partial charge >= 0.3 is 0 Å². The minimum atomic E-state index is -2.48. The second-order valence-electron chi connectivity index (χ2n) is 6.97. The average molecular weight is 348 g/mol. The van der Waals surface area contributed by atoms with E-state index in [-0.39, 0.29) is 11.5 Å².